The van der Waals surface area contributed by atoms with Crippen LogP contribution < -0.4 is 14.8 Å². The van der Waals surface area contributed by atoms with E-state index in [1.807, 2.05) is 32.0 Å². The number of ether oxygens (including phenoxy) is 3. The van der Waals surface area contributed by atoms with Gasteiger partial charge in [0.05, 0.1) is 25.9 Å². The molecule has 31 heavy (non-hydrogen) atoms. The summed E-state index contributed by atoms with van der Waals surface area (Å²) in [6.07, 6.45) is 2.02. The smallest absolute Gasteiger partial charge is 0.338 e. The number of unbranched alkanes of at least 4 members (excludes halogenated alkanes) is 1. The number of allylic oxidation sites excluding steroid dienone is 1. The third-order valence-corrected chi connectivity index (χ3v) is 5.58. The third-order valence-electron chi connectivity index (χ3n) is 4.86. The Morgan fingerprint density at radius 2 is 2.06 bits per heavy atom. The van der Waals surface area contributed by atoms with Gasteiger partial charge in [-0.05, 0) is 43.7 Å². The molecule has 1 atom stereocenters. The average molecular weight is 447 g/mol. The van der Waals surface area contributed by atoms with E-state index in [0.717, 1.165) is 24.2 Å². The Balaban J connectivity index is 2.07. The normalized spacial score (nSPS) is 15.3. The van der Waals surface area contributed by atoms with Crippen molar-refractivity contribution < 1.29 is 19.0 Å². The number of rotatable bonds is 10. The maximum atomic E-state index is 12.9. The Kier molecular flexibility index (Phi) is 7.84. The van der Waals surface area contributed by atoms with Crippen LogP contribution in [0.3, 0.4) is 0 Å². The van der Waals surface area contributed by atoms with Crippen molar-refractivity contribution in [1.29, 1.82) is 0 Å². The molecule has 3 rings (SSSR count). The quantitative estimate of drug-likeness (QED) is 0.326. The van der Waals surface area contributed by atoms with Crippen LogP contribution in [0.2, 0.25) is 0 Å². The summed E-state index contributed by atoms with van der Waals surface area (Å²) in [5, 5.41) is 8.51. The molecule has 168 valence electrons. The monoisotopic (exact) mass is 446 g/mol. The van der Waals surface area contributed by atoms with Crippen LogP contribution in [0.5, 0.6) is 11.5 Å². The molecule has 1 aromatic carbocycles. The summed E-state index contributed by atoms with van der Waals surface area (Å²) >= 11 is 1.55. The second kappa shape index (κ2) is 10.6. The van der Waals surface area contributed by atoms with Crippen molar-refractivity contribution in [3.8, 4) is 11.5 Å². The number of carbonyl (C=O) groups excluding carboxylic acids is 1. The van der Waals surface area contributed by atoms with Crippen molar-refractivity contribution in [1.82, 2.24) is 14.8 Å². The number of nitrogens with one attached hydrogen (secondary N) is 1. The van der Waals surface area contributed by atoms with Crippen molar-refractivity contribution >= 4 is 23.7 Å². The van der Waals surface area contributed by atoms with Gasteiger partial charge in [-0.15, -0.1) is 5.10 Å². The number of fused-ring (bicyclic) bond motifs is 1. The van der Waals surface area contributed by atoms with Gasteiger partial charge < -0.3 is 19.5 Å². The Labute approximate surface area is 187 Å². The van der Waals surface area contributed by atoms with Gasteiger partial charge in [0.1, 0.15) is 6.04 Å². The Bertz CT molecular complexity index is 957. The van der Waals surface area contributed by atoms with E-state index in [4.69, 9.17) is 14.2 Å². The summed E-state index contributed by atoms with van der Waals surface area (Å²) in [7, 11) is 1.61. The van der Waals surface area contributed by atoms with Crippen molar-refractivity contribution in [2.75, 3.05) is 31.4 Å². The largest absolute Gasteiger partial charge is 0.493 e. The molecule has 0 bridgehead atoms. The van der Waals surface area contributed by atoms with E-state index in [2.05, 4.69) is 22.3 Å². The number of methoxy groups -OCH3 is 1. The number of anilines is 1. The van der Waals surface area contributed by atoms with Gasteiger partial charge in [0.25, 0.3) is 0 Å². The first kappa shape index (κ1) is 23.0. The third kappa shape index (κ3) is 4.98. The van der Waals surface area contributed by atoms with E-state index in [0.29, 0.717) is 40.5 Å². The fourth-order valence-electron chi connectivity index (χ4n) is 3.40. The molecule has 8 nitrogen and oxygen atoms in total. The minimum atomic E-state index is -0.493. The van der Waals surface area contributed by atoms with E-state index in [1.165, 1.54) is 0 Å². The first-order chi connectivity index (χ1) is 15.0. The molecule has 1 unspecified atom stereocenters. The van der Waals surface area contributed by atoms with Crippen LogP contribution in [0, 0.1) is 0 Å². The number of benzene rings is 1. The lowest BCUT2D eigenvalue weighted by Crippen LogP contribution is -2.29. The molecule has 0 aliphatic carbocycles. The van der Waals surface area contributed by atoms with Crippen LogP contribution in [0.1, 0.15) is 52.1 Å². The molecule has 1 aliphatic rings. The molecule has 0 amide bonds. The van der Waals surface area contributed by atoms with E-state index >= 15 is 0 Å². The highest BCUT2D eigenvalue weighted by Crippen LogP contribution is 2.39. The molecule has 1 aromatic heterocycles. The van der Waals surface area contributed by atoms with Gasteiger partial charge in [0.2, 0.25) is 11.1 Å². The van der Waals surface area contributed by atoms with Gasteiger partial charge in [-0.3, -0.25) is 0 Å². The molecule has 1 N–H and O–H groups in total. The summed E-state index contributed by atoms with van der Waals surface area (Å²) in [5.41, 5.74) is 2.02. The highest BCUT2D eigenvalue weighted by molar-refractivity contribution is 7.99. The minimum Gasteiger partial charge on any atom is -0.493 e. The minimum absolute atomic E-state index is 0.289. The molecular weight excluding hydrogens is 416 g/mol. The standard InChI is InChI=1S/C22H30N4O4S/c1-6-9-12-30-16-11-10-15(13-17(16)28-5)19-18(20(27)29-7-2)14(4)23-21-24-22(31-8-3)25-26(19)21/h10-11,13,19H,6-9,12H2,1-5H3,(H,23,24,25). The van der Waals surface area contributed by atoms with Gasteiger partial charge in [0, 0.05) is 5.70 Å². The topological polar surface area (TPSA) is 87.5 Å². The summed E-state index contributed by atoms with van der Waals surface area (Å²) < 4.78 is 18.6. The Morgan fingerprint density at radius 1 is 1.26 bits per heavy atom. The fraction of sp³-hybridized carbons (Fsp3) is 0.500. The molecule has 1 aliphatic heterocycles. The van der Waals surface area contributed by atoms with E-state index in [-0.39, 0.29) is 12.6 Å². The Hall–Kier alpha value is -2.68. The lowest BCUT2D eigenvalue weighted by atomic mass is 9.95. The van der Waals surface area contributed by atoms with Crippen LogP contribution in [-0.2, 0) is 9.53 Å². The van der Waals surface area contributed by atoms with Gasteiger partial charge >= 0.3 is 5.97 Å². The van der Waals surface area contributed by atoms with E-state index < -0.39 is 6.04 Å². The molecule has 0 fully saturated rings. The zero-order valence-corrected chi connectivity index (χ0v) is 19.5. The second-order valence-corrected chi connectivity index (χ2v) is 8.23. The first-order valence-electron chi connectivity index (χ1n) is 10.6. The molecule has 0 radical (unpaired) electrons. The zero-order valence-electron chi connectivity index (χ0n) is 18.7. The number of hydrogen-bond acceptors (Lipinski definition) is 8. The number of nitrogens with zero attached hydrogens (tertiary/aromatic N) is 3. The van der Waals surface area contributed by atoms with E-state index in [9.17, 15) is 4.79 Å². The maximum Gasteiger partial charge on any atom is 0.338 e. The van der Waals surface area contributed by atoms with Gasteiger partial charge in [0.15, 0.2) is 11.5 Å². The van der Waals surface area contributed by atoms with Gasteiger partial charge in [-0.25, -0.2) is 9.48 Å². The molecule has 0 spiro atoms. The SMILES string of the molecule is CCCCOc1ccc(C2C(C(=O)OCC)=C(C)Nc3nc(SCC)nn32)cc1OC. The van der Waals surface area contributed by atoms with Crippen LogP contribution in [-0.4, -0.2) is 46.8 Å². The summed E-state index contributed by atoms with van der Waals surface area (Å²) in [4.78, 5) is 17.5. The molecule has 2 aromatic rings. The van der Waals surface area contributed by atoms with Crippen molar-refractivity contribution in [2.45, 2.75) is 51.7 Å². The average Bonchev–Trinajstić information content (AvgIpc) is 3.15. The number of esters is 1. The molecule has 2 heterocycles. The van der Waals surface area contributed by atoms with Crippen LogP contribution in [0.4, 0.5) is 5.95 Å². The fourth-order valence-corrected chi connectivity index (χ4v) is 3.96. The second-order valence-electron chi connectivity index (χ2n) is 6.99. The summed E-state index contributed by atoms with van der Waals surface area (Å²) in [6, 6.07) is 5.21. The van der Waals surface area contributed by atoms with Gasteiger partial charge in [-0.1, -0.05) is 38.1 Å². The van der Waals surface area contributed by atoms with Gasteiger partial charge in [-0.2, -0.15) is 4.98 Å². The Morgan fingerprint density at radius 3 is 2.74 bits per heavy atom. The maximum absolute atomic E-state index is 12.9. The van der Waals surface area contributed by atoms with Crippen LogP contribution >= 0.6 is 11.8 Å². The zero-order chi connectivity index (χ0) is 22.4. The van der Waals surface area contributed by atoms with E-state index in [1.54, 1.807) is 30.5 Å². The first-order valence-corrected chi connectivity index (χ1v) is 11.6. The molecule has 0 saturated heterocycles. The summed E-state index contributed by atoms with van der Waals surface area (Å²) in [5.74, 6) is 2.34. The van der Waals surface area contributed by atoms with Crippen molar-refractivity contribution in [2.24, 2.45) is 0 Å². The number of aromatic nitrogens is 3. The predicted molar refractivity (Wildman–Crippen MR) is 121 cm³/mol. The van der Waals surface area contributed by atoms with Crippen LogP contribution in [0.25, 0.3) is 0 Å². The lowest BCUT2D eigenvalue weighted by Gasteiger charge is -2.28. The molecule has 0 saturated carbocycles. The molecular formula is C22H30N4O4S. The number of carbonyl (C=O) groups is 1. The predicted octanol–water partition coefficient (Wildman–Crippen LogP) is 4.43. The highest BCUT2D eigenvalue weighted by Gasteiger charge is 2.35. The molecule has 9 heteroatoms. The van der Waals surface area contributed by atoms with Crippen molar-refractivity contribution in [3.63, 3.8) is 0 Å². The van der Waals surface area contributed by atoms with Crippen LogP contribution in [0.15, 0.2) is 34.6 Å². The number of thioether (sulfide) groups is 1. The summed E-state index contributed by atoms with van der Waals surface area (Å²) in [6.45, 7) is 8.72. The lowest BCUT2D eigenvalue weighted by molar-refractivity contribution is -0.139. The van der Waals surface area contributed by atoms with Crippen molar-refractivity contribution in [3.05, 3.63) is 35.0 Å². The highest BCUT2D eigenvalue weighted by atomic mass is 32.2. The number of hydrogen-bond donors (Lipinski definition) is 1.